The highest BCUT2D eigenvalue weighted by molar-refractivity contribution is 5.83. The topological polar surface area (TPSA) is 127 Å². The summed E-state index contributed by atoms with van der Waals surface area (Å²) in [7, 11) is 0. The summed E-state index contributed by atoms with van der Waals surface area (Å²) >= 11 is 0. The van der Waals surface area contributed by atoms with Crippen LogP contribution in [0.1, 0.15) is 12.0 Å². The summed E-state index contributed by atoms with van der Waals surface area (Å²) in [4.78, 5) is 33.2. The van der Waals surface area contributed by atoms with Gasteiger partial charge in [0.05, 0.1) is 4.92 Å². The first kappa shape index (κ1) is 17.1. The van der Waals surface area contributed by atoms with Gasteiger partial charge in [0.25, 0.3) is 0 Å². The Balaban J connectivity index is 1.88. The number of hydrogen-bond donors (Lipinski definition) is 2. The Kier molecular flexibility index (Phi) is 5.61. The van der Waals surface area contributed by atoms with Gasteiger partial charge in [-0.25, -0.2) is 4.79 Å². The van der Waals surface area contributed by atoms with Gasteiger partial charge in [0, 0.05) is 19.4 Å². The maximum Gasteiger partial charge on any atom is 0.326 e. The molecular formula is C15H16N4O5. The summed E-state index contributed by atoms with van der Waals surface area (Å²) in [6, 6.07) is 7.94. The maximum absolute atomic E-state index is 11.9. The molecule has 0 saturated carbocycles. The van der Waals surface area contributed by atoms with Crippen LogP contribution in [0, 0.1) is 10.1 Å². The van der Waals surface area contributed by atoms with Crippen LogP contribution in [-0.2, 0) is 22.6 Å². The molecule has 1 amide bonds. The van der Waals surface area contributed by atoms with Gasteiger partial charge in [-0.05, 0) is 5.56 Å². The zero-order valence-corrected chi connectivity index (χ0v) is 12.7. The highest BCUT2D eigenvalue weighted by Crippen LogP contribution is 2.08. The summed E-state index contributed by atoms with van der Waals surface area (Å²) in [6.07, 6.45) is 2.45. The Morgan fingerprint density at radius 3 is 2.62 bits per heavy atom. The molecule has 24 heavy (non-hydrogen) atoms. The number of aromatic nitrogens is 2. The molecule has 0 saturated heterocycles. The van der Waals surface area contributed by atoms with Crippen LogP contribution in [0.2, 0.25) is 0 Å². The average molecular weight is 332 g/mol. The van der Waals surface area contributed by atoms with E-state index in [1.807, 2.05) is 6.07 Å². The second-order valence-electron chi connectivity index (χ2n) is 5.12. The predicted molar refractivity (Wildman–Crippen MR) is 83.2 cm³/mol. The minimum absolute atomic E-state index is 0.0304. The standard InChI is InChI=1S/C15H16N4O5/c20-14(6-7-18-10-12(9-16-18)19(23)24)17-13(15(21)22)8-11-4-2-1-3-5-11/h1-5,9-10,13H,6-8H2,(H,17,20)(H,21,22). The number of carbonyl (C=O) groups excluding carboxylic acids is 1. The Morgan fingerprint density at radius 1 is 1.33 bits per heavy atom. The van der Waals surface area contributed by atoms with Crippen LogP contribution < -0.4 is 5.32 Å². The van der Waals surface area contributed by atoms with E-state index in [-0.39, 0.29) is 25.1 Å². The number of aryl methyl sites for hydroxylation is 1. The van der Waals surface area contributed by atoms with Crippen LogP contribution >= 0.6 is 0 Å². The number of amides is 1. The molecule has 1 unspecified atom stereocenters. The molecule has 0 aliphatic rings. The number of carboxylic acid groups (broad SMARTS) is 1. The number of hydrogen-bond acceptors (Lipinski definition) is 5. The van der Waals surface area contributed by atoms with Gasteiger partial charge >= 0.3 is 11.7 Å². The van der Waals surface area contributed by atoms with Crippen molar-refractivity contribution in [2.75, 3.05) is 0 Å². The van der Waals surface area contributed by atoms with Crippen molar-refractivity contribution in [2.45, 2.75) is 25.4 Å². The second-order valence-corrected chi connectivity index (χ2v) is 5.12. The fourth-order valence-electron chi connectivity index (χ4n) is 2.10. The van der Waals surface area contributed by atoms with Crippen LogP contribution in [0.5, 0.6) is 0 Å². The molecule has 0 fully saturated rings. The number of rotatable bonds is 8. The van der Waals surface area contributed by atoms with E-state index in [1.165, 1.54) is 10.9 Å². The van der Waals surface area contributed by atoms with Gasteiger partial charge in [0.15, 0.2) is 0 Å². The molecule has 0 radical (unpaired) electrons. The van der Waals surface area contributed by atoms with E-state index in [0.717, 1.165) is 11.8 Å². The molecule has 9 heteroatoms. The van der Waals surface area contributed by atoms with E-state index < -0.39 is 22.8 Å². The Morgan fingerprint density at radius 2 is 2.04 bits per heavy atom. The molecule has 126 valence electrons. The minimum atomic E-state index is -1.12. The number of aliphatic carboxylic acids is 1. The summed E-state index contributed by atoms with van der Waals surface area (Å²) in [5, 5.41) is 26.0. The van der Waals surface area contributed by atoms with Gasteiger partial charge in [0.1, 0.15) is 18.4 Å². The number of nitro groups is 1. The fraction of sp³-hybridized carbons (Fsp3) is 0.267. The number of carbonyl (C=O) groups is 2. The van der Waals surface area contributed by atoms with Crippen LogP contribution in [0.3, 0.4) is 0 Å². The molecule has 0 spiro atoms. The number of nitrogens with one attached hydrogen (secondary N) is 1. The molecule has 1 aromatic heterocycles. The van der Waals surface area contributed by atoms with Crippen molar-refractivity contribution >= 4 is 17.6 Å². The lowest BCUT2D eigenvalue weighted by Crippen LogP contribution is -2.42. The summed E-state index contributed by atoms with van der Waals surface area (Å²) < 4.78 is 1.27. The average Bonchev–Trinajstić information content (AvgIpc) is 3.02. The van der Waals surface area contributed by atoms with E-state index >= 15 is 0 Å². The Labute approximate surface area is 137 Å². The van der Waals surface area contributed by atoms with Crippen molar-refractivity contribution in [1.29, 1.82) is 0 Å². The molecular weight excluding hydrogens is 316 g/mol. The largest absolute Gasteiger partial charge is 0.480 e. The smallest absolute Gasteiger partial charge is 0.326 e. The van der Waals surface area contributed by atoms with Crippen LogP contribution in [0.25, 0.3) is 0 Å². The molecule has 2 rings (SSSR count). The van der Waals surface area contributed by atoms with Crippen molar-refractivity contribution in [3.8, 4) is 0 Å². The molecule has 1 aromatic carbocycles. The lowest BCUT2D eigenvalue weighted by molar-refractivity contribution is -0.385. The zero-order chi connectivity index (χ0) is 17.5. The Hall–Kier alpha value is -3.23. The highest BCUT2D eigenvalue weighted by Gasteiger charge is 2.20. The van der Waals surface area contributed by atoms with Gasteiger partial charge in [-0.3, -0.25) is 19.6 Å². The molecule has 9 nitrogen and oxygen atoms in total. The molecule has 2 N–H and O–H groups in total. The third-order valence-corrected chi connectivity index (χ3v) is 3.31. The van der Waals surface area contributed by atoms with Gasteiger partial charge in [-0.2, -0.15) is 5.10 Å². The zero-order valence-electron chi connectivity index (χ0n) is 12.7. The lowest BCUT2D eigenvalue weighted by Gasteiger charge is -2.14. The molecule has 1 heterocycles. The van der Waals surface area contributed by atoms with Crippen molar-refractivity contribution in [2.24, 2.45) is 0 Å². The monoisotopic (exact) mass is 332 g/mol. The maximum atomic E-state index is 11.9. The third-order valence-electron chi connectivity index (χ3n) is 3.31. The number of benzene rings is 1. The fourth-order valence-corrected chi connectivity index (χ4v) is 2.10. The van der Waals surface area contributed by atoms with Crippen LogP contribution in [0.15, 0.2) is 42.7 Å². The molecule has 0 aliphatic carbocycles. The second kappa shape index (κ2) is 7.86. The first-order valence-corrected chi connectivity index (χ1v) is 7.18. The summed E-state index contributed by atoms with van der Waals surface area (Å²) in [5.74, 6) is -1.58. The molecule has 0 bridgehead atoms. The molecule has 0 aliphatic heterocycles. The van der Waals surface area contributed by atoms with Crippen molar-refractivity contribution in [3.05, 3.63) is 58.4 Å². The van der Waals surface area contributed by atoms with Crippen LogP contribution in [0.4, 0.5) is 5.69 Å². The highest BCUT2D eigenvalue weighted by atomic mass is 16.6. The van der Waals surface area contributed by atoms with Gasteiger partial charge in [-0.1, -0.05) is 30.3 Å². The van der Waals surface area contributed by atoms with Crippen LogP contribution in [-0.4, -0.2) is 37.7 Å². The third kappa shape index (κ3) is 4.90. The van der Waals surface area contributed by atoms with E-state index in [9.17, 15) is 24.8 Å². The number of nitrogens with zero attached hydrogens (tertiary/aromatic N) is 3. The van der Waals surface area contributed by atoms with Gasteiger partial charge in [0.2, 0.25) is 5.91 Å². The van der Waals surface area contributed by atoms with E-state index in [0.29, 0.717) is 0 Å². The molecule has 2 aromatic rings. The summed E-state index contributed by atoms with van der Waals surface area (Å²) in [5.41, 5.74) is 0.635. The SMILES string of the molecule is O=C(CCn1cc([N+](=O)[O-])cn1)NC(Cc1ccccc1)C(=O)O. The number of carboxylic acids is 1. The first-order valence-electron chi connectivity index (χ1n) is 7.18. The Bertz CT molecular complexity index is 728. The van der Waals surface area contributed by atoms with E-state index in [1.54, 1.807) is 24.3 Å². The molecule has 1 atom stereocenters. The normalized spacial score (nSPS) is 11.7. The van der Waals surface area contributed by atoms with E-state index in [2.05, 4.69) is 10.4 Å². The first-order chi connectivity index (χ1) is 11.5. The lowest BCUT2D eigenvalue weighted by atomic mass is 10.1. The van der Waals surface area contributed by atoms with Crippen molar-refractivity contribution < 1.29 is 19.6 Å². The van der Waals surface area contributed by atoms with Crippen molar-refractivity contribution in [3.63, 3.8) is 0 Å². The predicted octanol–water partition coefficient (Wildman–Crippen LogP) is 0.993. The van der Waals surface area contributed by atoms with Crippen molar-refractivity contribution in [1.82, 2.24) is 15.1 Å². The minimum Gasteiger partial charge on any atom is -0.480 e. The van der Waals surface area contributed by atoms with Gasteiger partial charge in [-0.15, -0.1) is 0 Å². The van der Waals surface area contributed by atoms with Gasteiger partial charge < -0.3 is 10.4 Å². The quantitative estimate of drug-likeness (QED) is 0.548. The van der Waals surface area contributed by atoms with E-state index in [4.69, 9.17) is 0 Å². The summed E-state index contributed by atoms with van der Waals surface area (Å²) in [6.45, 7) is 0.122.